The third-order valence-electron chi connectivity index (χ3n) is 5.72. The fraction of sp³-hybridized carbons (Fsp3) is 0.269. The van der Waals surface area contributed by atoms with Crippen molar-refractivity contribution in [1.29, 1.82) is 0 Å². The van der Waals surface area contributed by atoms with Crippen LogP contribution in [0.4, 0.5) is 5.69 Å². The smallest absolute Gasteiger partial charge is 0.224 e. The summed E-state index contributed by atoms with van der Waals surface area (Å²) in [6.07, 6.45) is 7.05. The van der Waals surface area contributed by atoms with Gasteiger partial charge in [0.15, 0.2) is 0 Å². The van der Waals surface area contributed by atoms with Crippen molar-refractivity contribution in [2.45, 2.75) is 45.1 Å². The lowest BCUT2D eigenvalue weighted by Gasteiger charge is -2.20. The van der Waals surface area contributed by atoms with Gasteiger partial charge in [-0.2, -0.15) is 0 Å². The number of aryl methyl sites for hydroxylation is 3. The molecule has 3 aromatic rings. The van der Waals surface area contributed by atoms with Crippen LogP contribution in [0, 0.1) is 6.92 Å². The molecule has 0 radical (unpaired) electrons. The number of fused-ring (bicyclic) bond motifs is 1. The molecule has 1 aromatic heterocycles. The molecule has 5 heteroatoms. The molecule has 5 nitrogen and oxygen atoms in total. The Bertz CT molecular complexity index is 1060. The second kappa shape index (κ2) is 9.56. The van der Waals surface area contributed by atoms with Crippen LogP contribution in [0.3, 0.4) is 0 Å². The van der Waals surface area contributed by atoms with Crippen molar-refractivity contribution in [2.75, 3.05) is 5.32 Å². The normalized spacial score (nSPS) is 13.3. The van der Waals surface area contributed by atoms with Crippen molar-refractivity contribution in [1.82, 2.24) is 10.3 Å². The van der Waals surface area contributed by atoms with Crippen molar-refractivity contribution < 1.29 is 9.59 Å². The number of benzene rings is 2. The van der Waals surface area contributed by atoms with Crippen molar-refractivity contribution in [3.63, 3.8) is 0 Å². The van der Waals surface area contributed by atoms with Gasteiger partial charge in [-0.15, -0.1) is 0 Å². The Morgan fingerprint density at radius 2 is 1.55 bits per heavy atom. The summed E-state index contributed by atoms with van der Waals surface area (Å²) in [4.78, 5) is 29.1. The summed E-state index contributed by atoms with van der Waals surface area (Å²) in [6.45, 7) is 2.03. The summed E-state index contributed by atoms with van der Waals surface area (Å²) in [5, 5.41) is 6.00. The summed E-state index contributed by atoms with van der Waals surface area (Å²) in [5.41, 5.74) is 6.60. The number of carbonyl (C=O) groups excluding carboxylic acids is 2. The molecule has 2 aromatic carbocycles. The van der Waals surface area contributed by atoms with E-state index in [1.165, 1.54) is 17.5 Å². The Hall–Kier alpha value is -3.47. The van der Waals surface area contributed by atoms with Gasteiger partial charge in [0, 0.05) is 30.9 Å². The van der Waals surface area contributed by atoms with Gasteiger partial charge in [0.25, 0.3) is 0 Å². The Morgan fingerprint density at radius 3 is 2.32 bits per heavy atom. The number of carbonyl (C=O) groups is 2. The molecule has 0 saturated carbocycles. The highest BCUT2D eigenvalue weighted by atomic mass is 16.2. The van der Waals surface area contributed by atoms with E-state index >= 15 is 0 Å². The third kappa shape index (κ3) is 5.37. The largest absolute Gasteiger partial charge is 0.345 e. The van der Waals surface area contributed by atoms with E-state index in [-0.39, 0.29) is 30.7 Å². The van der Waals surface area contributed by atoms with E-state index < -0.39 is 0 Å². The van der Waals surface area contributed by atoms with E-state index in [2.05, 4.69) is 27.8 Å². The molecular formula is C26H27N3O2. The molecule has 1 aliphatic carbocycles. The molecule has 0 spiro atoms. The first-order valence-corrected chi connectivity index (χ1v) is 10.8. The molecule has 31 heavy (non-hydrogen) atoms. The predicted octanol–water partition coefficient (Wildman–Crippen LogP) is 4.50. The molecule has 1 heterocycles. The zero-order chi connectivity index (χ0) is 21.6. The molecule has 0 aliphatic heterocycles. The molecule has 0 bridgehead atoms. The predicted molar refractivity (Wildman–Crippen MR) is 122 cm³/mol. The molecule has 158 valence electrons. The first kappa shape index (κ1) is 20.8. The van der Waals surface area contributed by atoms with Crippen molar-refractivity contribution >= 4 is 17.5 Å². The fourth-order valence-electron chi connectivity index (χ4n) is 4.01. The van der Waals surface area contributed by atoms with E-state index in [1.807, 2.05) is 49.4 Å². The molecule has 4 rings (SSSR count). The number of anilines is 1. The van der Waals surface area contributed by atoms with Gasteiger partial charge in [0.2, 0.25) is 11.8 Å². The Morgan fingerprint density at radius 1 is 0.871 bits per heavy atom. The molecule has 2 N–H and O–H groups in total. The Balaban J connectivity index is 1.36. The van der Waals surface area contributed by atoms with Crippen LogP contribution in [-0.2, 0) is 22.4 Å². The lowest BCUT2D eigenvalue weighted by atomic mass is 9.98. The maximum absolute atomic E-state index is 12.7. The minimum absolute atomic E-state index is 0.129. The second-order valence-corrected chi connectivity index (χ2v) is 8.08. The standard InChI is InChI=1S/C26H27N3O2/c1-18-5-7-20(8-6-18)26(21-13-15-27-16-14-21)29-25(31)12-11-24(30)28-23-10-9-19-3-2-4-22(19)17-23/h5-10,13-17,26H,2-4,11-12H2,1H3,(H,28,30)(H,29,31)/t26-/m1/s1. The molecule has 0 fully saturated rings. The summed E-state index contributed by atoms with van der Waals surface area (Å²) in [6, 6.07) is 17.7. The van der Waals surface area contributed by atoms with Gasteiger partial charge in [-0.25, -0.2) is 0 Å². The van der Waals surface area contributed by atoms with Crippen LogP contribution in [0.1, 0.15) is 53.1 Å². The van der Waals surface area contributed by atoms with Crippen LogP contribution in [0.25, 0.3) is 0 Å². The van der Waals surface area contributed by atoms with Gasteiger partial charge >= 0.3 is 0 Å². The molecule has 0 saturated heterocycles. The monoisotopic (exact) mass is 413 g/mol. The summed E-state index contributed by atoms with van der Waals surface area (Å²) < 4.78 is 0. The SMILES string of the molecule is Cc1ccc([C@@H](NC(=O)CCC(=O)Nc2ccc3c(c2)CCC3)c2ccncc2)cc1. The van der Waals surface area contributed by atoms with Crippen molar-refractivity contribution in [3.8, 4) is 0 Å². The Kier molecular flexibility index (Phi) is 6.41. The maximum Gasteiger partial charge on any atom is 0.224 e. The molecular weight excluding hydrogens is 386 g/mol. The number of nitrogens with zero attached hydrogens (tertiary/aromatic N) is 1. The third-order valence-corrected chi connectivity index (χ3v) is 5.72. The van der Waals surface area contributed by atoms with Gasteiger partial charge in [-0.05, 0) is 72.7 Å². The van der Waals surface area contributed by atoms with Crippen LogP contribution >= 0.6 is 0 Å². The highest BCUT2D eigenvalue weighted by Crippen LogP contribution is 2.25. The summed E-state index contributed by atoms with van der Waals surface area (Å²) in [5.74, 6) is -0.310. The van der Waals surface area contributed by atoms with E-state index in [4.69, 9.17) is 0 Å². The topological polar surface area (TPSA) is 71.1 Å². The Labute approximate surface area is 182 Å². The number of hydrogen-bond acceptors (Lipinski definition) is 3. The van der Waals surface area contributed by atoms with Crippen LogP contribution in [0.5, 0.6) is 0 Å². The van der Waals surface area contributed by atoms with E-state index in [1.54, 1.807) is 12.4 Å². The molecule has 2 amide bonds. The zero-order valence-electron chi connectivity index (χ0n) is 17.7. The van der Waals surface area contributed by atoms with Crippen LogP contribution in [0.15, 0.2) is 67.0 Å². The highest BCUT2D eigenvalue weighted by Gasteiger charge is 2.18. The molecule has 1 atom stereocenters. The van der Waals surface area contributed by atoms with Gasteiger partial charge in [-0.1, -0.05) is 35.9 Å². The highest BCUT2D eigenvalue weighted by molar-refractivity contribution is 5.93. The lowest BCUT2D eigenvalue weighted by molar-refractivity contribution is -0.124. The van der Waals surface area contributed by atoms with E-state index in [0.29, 0.717) is 0 Å². The average molecular weight is 414 g/mol. The van der Waals surface area contributed by atoms with Crippen LogP contribution in [0.2, 0.25) is 0 Å². The van der Waals surface area contributed by atoms with Gasteiger partial charge in [-0.3, -0.25) is 14.6 Å². The van der Waals surface area contributed by atoms with Crippen molar-refractivity contribution in [2.24, 2.45) is 0 Å². The first-order valence-electron chi connectivity index (χ1n) is 10.8. The molecule has 1 aliphatic rings. The average Bonchev–Trinajstić information content (AvgIpc) is 3.25. The number of hydrogen-bond donors (Lipinski definition) is 2. The van der Waals surface area contributed by atoms with E-state index in [0.717, 1.165) is 35.2 Å². The number of rotatable bonds is 7. The minimum atomic E-state index is -0.282. The number of amides is 2. The van der Waals surface area contributed by atoms with Crippen molar-refractivity contribution in [3.05, 3.63) is 94.8 Å². The zero-order valence-corrected chi connectivity index (χ0v) is 17.7. The molecule has 0 unspecified atom stereocenters. The van der Waals surface area contributed by atoms with Gasteiger partial charge < -0.3 is 10.6 Å². The van der Waals surface area contributed by atoms with Gasteiger partial charge in [0.1, 0.15) is 0 Å². The number of nitrogens with one attached hydrogen (secondary N) is 2. The number of aromatic nitrogens is 1. The van der Waals surface area contributed by atoms with Crippen LogP contribution in [-0.4, -0.2) is 16.8 Å². The van der Waals surface area contributed by atoms with E-state index in [9.17, 15) is 9.59 Å². The number of pyridine rings is 1. The lowest BCUT2D eigenvalue weighted by Crippen LogP contribution is -2.30. The first-order chi connectivity index (χ1) is 15.1. The maximum atomic E-state index is 12.7. The van der Waals surface area contributed by atoms with Gasteiger partial charge in [0.05, 0.1) is 6.04 Å². The summed E-state index contributed by atoms with van der Waals surface area (Å²) in [7, 11) is 0. The minimum Gasteiger partial charge on any atom is -0.345 e. The fourth-order valence-corrected chi connectivity index (χ4v) is 4.01. The second-order valence-electron chi connectivity index (χ2n) is 8.08. The summed E-state index contributed by atoms with van der Waals surface area (Å²) >= 11 is 0. The quantitative estimate of drug-likeness (QED) is 0.599. The van der Waals surface area contributed by atoms with Crippen LogP contribution < -0.4 is 10.6 Å².